The second kappa shape index (κ2) is 13.0. The van der Waals surface area contributed by atoms with Crippen molar-refractivity contribution in [3.63, 3.8) is 0 Å². The molecule has 4 aromatic heterocycles. The summed E-state index contributed by atoms with van der Waals surface area (Å²) in [5.41, 5.74) is 3.42. The van der Waals surface area contributed by atoms with Gasteiger partial charge in [-0.1, -0.05) is 11.3 Å². The van der Waals surface area contributed by atoms with Gasteiger partial charge in [-0.2, -0.15) is 4.98 Å². The third kappa shape index (κ3) is 7.46. The van der Waals surface area contributed by atoms with Gasteiger partial charge < -0.3 is 24.1 Å². The zero-order valence-electron chi connectivity index (χ0n) is 24.4. The smallest absolute Gasteiger partial charge is 0.412 e. The Morgan fingerprint density at radius 3 is 2.56 bits per heavy atom. The maximum Gasteiger partial charge on any atom is 0.412 e. The maximum absolute atomic E-state index is 15.0. The van der Waals surface area contributed by atoms with Crippen LogP contribution in [0, 0.1) is 12.7 Å². The van der Waals surface area contributed by atoms with Crippen LogP contribution in [0.4, 0.5) is 23.7 Å². The molecule has 0 fully saturated rings. The van der Waals surface area contributed by atoms with E-state index in [1.165, 1.54) is 49.0 Å². The Bertz CT molecular complexity index is 1840. The van der Waals surface area contributed by atoms with Crippen LogP contribution in [0.3, 0.4) is 0 Å². The summed E-state index contributed by atoms with van der Waals surface area (Å²) in [4.78, 5) is 34.5. The predicted octanol–water partition coefficient (Wildman–Crippen LogP) is 5.56. The first-order valence-electron chi connectivity index (χ1n) is 13.5. The second-order valence-corrected chi connectivity index (χ2v) is 10.9. The largest absolute Gasteiger partial charge is 0.480 e. The molecule has 0 radical (unpaired) electrons. The van der Waals surface area contributed by atoms with Crippen molar-refractivity contribution in [1.82, 2.24) is 24.9 Å². The average molecular weight is 645 g/mol. The normalized spacial score (nSPS) is 13.0. The first kappa shape index (κ1) is 31.6. The van der Waals surface area contributed by atoms with E-state index in [9.17, 15) is 13.6 Å². The Kier molecular flexibility index (Phi) is 9.15. The van der Waals surface area contributed by atoms with Gasteiger partial charge in [-0.05, 0) is 44.5 Å². The Hall–Kier alpha value is -4.83. The summed E-state index contributed by atoms with van der Waals surface area (Å²) in [7, 11) is 1.51. The van der Waals surface area contributed by atoms with Crippen molar-refractivity contribution in [2.24, 2.45) is 0 Å². The third-order valence-electron chi connectivity index (χ3n) is 6.41. The fourth-order valence-electron chi connectivity index (χ4n) is 3.98. The third-order valence-corrected chi connectivity index (χ3v) is 7.41. The number of aryl methyl sites for hydroxylation is 1. The van der Waals surface area contributed by atoms with E-state index in [1.54, 1.807) is 13.8 Å². The van der Waals surface area contributed by atoms with Gasteiger partial charge in [0.2, 0.25) is 11.8 Å². The number of hydrogen-bond donors (Lipinski definition) is 2. The second-order valence-electron chi connectivity index (χ2n) is 9.96. The van der Waals surface area contributed by atoms with E-state index < -0.39 is 43.3 Å². The topological polar surface area (TPSA) is 151 Å². The summed E-state index contributed by atoms with van der Waals surface area (Å²) >= 11 is 1.23. The number of pyridine rings is 2. The van der Waals surface area contributed by atoms with E-state index in [2.05, 4.69) is 30.2 Å². The fourth-order valence-corrected chi connectivity index (χ4v) is 4.91. The lowest BCUT2D eigenvalue weighted by atomic mass is 10.1. The van der Waals surface area contributed by atoms with Crippen LogP contribution in [0.5, 0.6) is 17.6 Å². The first-order chi connectivity index (χ1) is 21.4. The van der Waals surface area contributed by atoms with Crippen LogP contribution in [0.25, 0.3) is 32.0 Å². The molecular formula is C29H27F3N6O6S. The molecule has 12 nitrogen and oxygen atoms in total. The minimum atomic E-state index is -3.41. The van der Waals surface area contributed by atoms with E-state index in [0.29, 0.717) is 37.8 Å². The molecule has 0 bridgehead atoms. The number of thiazole rings is 1. The maximum atomic E-state index is 15.0. The van der Waals surface area contributed by atoms with Gasteiger partial charge in [0.05, 0.1) is 36.2 Å². The van der Waals surface area contributed by atoms with Gasteiger partial charge in [-0.15, -0.1) is 0 Å². The highest BCUT2D eigenvalue weighted by molar-refractivity contribution is 7.21. The van der Waals surface area contributed by atoms with E-state index in [4.69, 9.17) is 24.1 Å². The van der Waals surface area contributed by atoms with E-state index >= 15 is 4.39 Å². The quantitative estimate of drug-likeness (QED) is 0.186. The van der Waals surface area contributed by atoms with Crippen LogP contribution in [0.1, 0.15) is 19.4 Å². The number of ether oxygens (including phenoxy) is 4. The number of anilines is 1. The van der Waals surface area contributed by atoms with Crippen molar-refractivity contribution in [3.8, 4) is 28.2 Å². The number of fused-ring (bicyclic) bond motifs is 2. The SMILES string of the molecule is COc1cnc2c(-c3nc4cc(F)c(O[C@@H](C)[C@@H](C)OC(=O)Nc5ccc(OCC(F)(F)CO)nc5)nc4s3)cc(C)cc2n1. The molecule has 2 N–H and O–H groups in total. The molecule has 4 heterocycles. The van der Waals surface area contributed by atoms with Crippen LogP contribution < -0.4 is 19.5 Å². The summed E-state index contributed by atoms with van der Waals surface area (Å²) in [5, 5.41) is 11.6. The Morgan fingerprint density at radius 1 is 1.04 bits per heavy atom. The molecular weight excluding hydrogens is 617 g/mol. The van der Waals surface area contributed by atoms with Gasteiger partial charge in [-0.25, -0.2) is 37.9 Å². The molecule has 0 unspecified atom stereocenters. The number of nitrogens with zero attached hydrogens (tertiary/aromatic N) is 5. The summed E-state index contributed by atoms with van der Waals surface area (Å²) in [6, 6.07) is 7.65. The number of amides is 1. The molecule has 236 valence electrons. The monoisotopic (exact) mass is 644 g/mol. The lowest BCUT2D eigenvalue weighted by Gasteiger charge is -2.21. The van der Waals surface area contributed by atoms with Crippen molar-refractivity contribution in [3.05, 3.63) is 54.1 Å². The summed E-state index contributed by atoms with van der Waals surface area (Å²) in [6.45, 7) is 2.65. The molecule has 16 heteroatoms. The number of aromatic nitrogens is 5. The van der Waals surface area contributed by atoms with Crippen LogP contribution in [0.15, 0.2) is 42.7 Å². The summed E-state index contributed by atoms with van der Waals surface area (Å²) < 4.78 is 62.4. The molecule has 0 aliphatic carbocycles. The highest BCUT2D eigenvalue weighted by Gasteiger charge is 2.29. The van der Waals surface area contributed by atoms with Crippen LogP contribution in [-0.2, 0) is 4.74 Å². The van der Waals surface area contributed by atoms with Gasteiger partial charge in [0.1, 0.15) is 34.2 Å². The van der Waals surface area contributed by atoms with Crippen LogP contribution in [0.2, 0.25) is 0 Å². The van der Waals surface area contributed by atoms with Crippen molar-refractivity contribution >= 4 is 44.5 Å². The van der Waals surface area contributed by atoms with Gasteiger partial charge in [0, 0.05) is 17.7 Å². The lowest BCUT2D eigenvalue weighted by molar-refractivity contribution is -0.0809. The Labute approximate surface area is 258 Å². The van der Waals surface area contributed by atoms with E-state index in [-0.39, 0.29) is 17.4 Å². The molecule has 1 amide bonds. The molecule has 0 saturated heterocycles. The number of rotatable bonds is 11. The van der Waals surface area contributed by atoms with Gasteiger partial charge in [-0.3, -0.25) is 5.32 Å². The highest BCUT2D eigenvalue weighted by Crippen LogP contribution is 2.35. The highest BCUT2D eigenvalue weighted by atomic mass is 32.1. The summed E-state index contributed by atoms with van der Waals surface area (Å²) in [5.74, 6) is -4.19. The number of aliphatic hydroxyl groups is 1. The number of methoxy groups -OCH3 is 1. The number of carbonyl (C=O) groups is 1. The van der Waals surface area contributed by atoms with E-state index in [1.807, 2.05) is 19.1 Å². The van der Waals surface area contributed by atoms with Crippen molar-refractivity contribution in [1.29, 1.82) is 0 Å². The minimum absolute atomic E-state index is 0.126. The van der Waals surface area contributed by atoms with Crippen molar-refractivity contribution in [2.75, 3.05) is 25.6 Å². The molecule has 5 aromatic rings. The molecule has 0 spiro atoms. The number of carbonyl (C=O) groups excluding carboxylic acids is 1. The molecule has 5 rings (SSSR count). The van der Waals surface area contributed by atoms with Crippen molar-refractivity contribution in [2.45, 2.75) is 38.9 Å². The van der Waals surface area contributed by atoms with Crippen LogP contribution in [-0.4, -0.2) is 74.6 Å². The number of halogens is 3. The minimum Gasteiger partial charge on any atom is -0.480 e. The number of nitrogens with one attached hydrogen (secondary N) is 1. The van der Waals surface area contributed by atoms with Gasteiger partial charge >= 0.3 is 12.0 Å². The van der Waals surface area contributed by atoms with Gasteiger partial charge in [0.15, 0.2) is 12.4 Å². The number of hydrogen-bond acceptors (Lipinski definition) is 12. The predicted molar refractivity (Wildman–Crippen MR) is 159 cm³/mol. The number of benzene rings is 1. The van der Waals surface area contributed by atoms with Gasteiger partial charge in [0.25, 0.3) is 5.88 Å². The zero-order chi connectivity index (χ0) is 32.3. The molecule has 45 heavy (non-hydrogen) atoms. The molecule has 0 aliphatic rings. The molecule has 0 aliphatic heterocycles. The molecule has 1 aromatic carbocycles. The fraction of sp³-hybridized carbons (Fsp3) is 0.310. The van der Waals surface area contributed by atoms with Crippen molar-refractivity contribution < 1.29 is 42.0 Å². The average Bonchev–Trinajstić information content (AvgIpc) is 3.42. The summed E-state index contributed by atoms with van der Waals surface area (Å²) in [6.07, 6.45) is 0.181. The zero-order valence-corrected chi connectivity index (χ0v) is 25.2. The number of alkyl halides is 2. The molecule has 0 saturated carbocycles. The standard InChI is InChI=1S/C29H27F3N6O6S/c1-14-7-18(24-20(8-14)36-23(41-4)11-34-24)26-37-21-9-19(30)25(38-27(21)45-26)43-15(2)16(3)44-28(40)35-17-5-6-22(33-10-17)42-13-29(31,32)12-39/h5-11,15-16,39H,12-13H2,1-4H3,(H,35,40)/t15-,16+/m0/s1. The molecule has 2 atom stereocenters. The number of aliphatic hydroxyl groups excluding tert-OH is 1. The van der Waals surface area contributed by atoms with E-state index in [0.717, 1.165) is 5.56 Å². The first-order valence-corrected chi connectivity index (χ1v) is 14.3. The van der Waals surface area contributed by atoms with Crippen LogP contribution >= 0.6 is 11.3 Å². The Morgan fingerprint density at radius 2 is 1.84 bits per heavy atom. The lowest BCUT2D eigenvalue weighted by Crippen LogP contribution is -2.33. The Balaban J connectivity index is 1.24.